The van der Waals surface area contributed by atoms with Crippen molar-refractivity contribution in [2.75, 3.05) is 6.54 Å². The summed E-state index contributed by atoms with van der Waals surface area (Å²) in [5.41, 5.74) is 8.60. The summed E-state index contributed by atoms with van der Waals surface area (Å²) in [6, 6.07) is 5.13. The molecule has 3 heteroatoms. The first-order valence-electron chi connectivity index (χ1n) is 5.64. The number of halogens is 1. The molecule has 1 aromatic carbocycles. The topological polar surface area (TPSA) is 41.8 Å². The Morgan fingerprint density at radius 3 is 2.75 bits per heavy atom. The van der Waals surface area contributed by atoms with Crippen LogP contribution in [-0.4, -0.2) is 11.5 Å². The van der Waals surface area contributed by atoms with E-state index in [0.717, 1.165) is 16.8 Å². The van der Waals surface area contributed by atoms with Crippen molar-refractivity contribution in [3.8, 4) is 0 Å². The van der Waals surface area contributed by atoms with Gasteiger partial charge in [-0.15, -0.1) is 0 Å². The minimum Gasteiger partial charge on any atom is -0.358 e. The van der Waals surface area contributed by atoms with E-state index in [4.69, 9.17) is 5.73 Å². The number of nitrogens with one attached hydrogen (secondary N) is 1. The first-order chi connectivity index (χ1) is 7.65. The van der Waals surface area contributed by atoms with Crippen LogP contribution in [0.3, 0.4) is 0 Å². The highest BCUT2D eigenvalue weighted by Crippen LogP contribution is 2.29. The van der Waals surface area contributed by atoms with Crippen molar-refractivity contribution in [2.45, 2.75) is 26.2 Å². The molecule has 0 amide bonds. The van der Waals surface area contributed by atoms with Crippen LogP contribution in [0.5, 0.6) is 0 Å². The molecule has 0 aliphatic carbocycles. The van der Waals surface area contributed by atoms with E-state index in [0.29, 0.717) is 24.3 Å². The zero-order chi connectivity index (χ0) is 11.7. The quantitative estimate of drug-likeness (QED) is 0.820. The van der Waals surface area contributed by atoms with Gasteiger partial charge in [0.2, 0.25) is 0 Å². The van der Waals surface area contributed by atoms with E-state index in [9.17, 15) is 4.39 Å². The smallest absolute Gasteiger partial charge is 0.132 e. The Balaban J connectivity index is 2.72. The number of fused-ring (bicyclic) bond motifs is 1. The molecule has 1 heterocycles. The van der Waals surface area contributed by atoms with Crippen molar-refractivity contribution in [2.24, 2.45) is 5.73 Å². The lowest BCUT2D eigenvalue weighted by molar-refractivity contribution is 0.638. The van der Waals surface area contributed by atoms with Gasteiger partial charge in [-0.2, -0.15) is 0 Å². The van der Waals surface area contributed by atoms with E-state index >= 15 is 0 Å². The first-order valence-corrected chi connectivity index (χ1v) is 5.64. The van der Waals surface area contributed by atoms with Crippen LogP contribution in [0, 0.1) is 5.82 Å². The van der Waals surface area contributed by atoms with Gasteiger partial charge in [-0.25, -0.2) is 4.39 Å². The Morgan fingerprint density at radius 1 is 1.38 bits per heavy atom. The molecular formula is C13H17FN2. The molecule has 0 radical (unpaired) electrons. The van der Waals surface area contributed by atoms with E-state index in [1.54, 1.807) is 6.07 Å². The zero-order valence-electron chi connectivity index (χ0n) is 9.68. The molecule has 16 heavy (non-hydrogen) atoms. The van der Waals surface area contributed by atoms with Crippen molar-refractivity contribution in [3.05, 3.63) is 35.3 Å². The number of benzene rings is 1. The molecule has 0 aliphatic heterocycles. The van der Waals surface area contributed by atoms with Gasteiger partial charge < -0.3 is 10.7 Å². The fraction of sp³-hybridized carbons (Fsp3) is 0.385. The maximum Gasteiger partial charge on any atom is 0.132 e. The normalized spacial score (nSPS) is 11.6. The number of aromatic nitrogens is 1. The molecule has 2 aromatic rings. The van der Waals surface area contributed by atoms with E-state index in [-0.39, 0.29) is 5.82 Å². The molecule has 1 aromatic heterocycles. The molecule has 2 rings (SSSR count). The maximum absolute atomic E-state index is 13.8. The lowest BCUT2D eigenvalue weighted by atomic mass is 10.0. The average molecular weight is 220 g/mol. The van der Waals surface area contributed by atoms with Crippen molar-refractivity contribution < 1.29 is 4.39 Å². The van der Waals surface area contributed by atoms with E-state index in [1.165, 1.54) is 6.07 Å². The highest BCUT2D eigenvalue weighted by atomic mass is 19.1. The van der Waals surface area contributed by atoms with Crippen molar-refractivity contribution >= 4 is 10.9 Å². The zero-order valence-corrected chi connectivity index (χ0v) is 9.68. The summed E-state index contributed by atoms with van der Waals surface area (Å²) in [7, 11) is 0. The summed E-state index contributed by atoms with van der Waals surface area (Å²) in [4.78, 5) is 3.29. The van der Waals surface area contributed by atoms with E-state index < -0.39 is 0 Å². The SMILES string of the molecule is CC(C)c1[nH]c2cccc(F)c2c1CCN. The van der Waals surface area contributed by atoms with Crippen LogP contribution >= 0.6 is 0 Å². The van der Waals surface area contributed by atoms with Gasteiger partial charge in [0, 0.05) is 16.6 Å². The van der Waals surface area contributed by atoms with Crippen LogP contribution in [0.1, 0.15) is 31.0 Å². The Hall–Kier alpha value is -1.35. The fourth-order valence-corrected chi connectivity index (χ4v) is 2.19. The highest BCUT2D eigenvalue weighted by Gasteiger charge is 2.15. The minimum absolute atomic E-state index is 0.163. The highest BCUT2D eigenvalue weighted by molar-refractivity contribution is 5.85. The Morgan fingerprint density at radius 2 is 2.12 bits per heavy atom. The van der Waals surface area contributed by atoms with Crippen LogP contribution in [0.25, 0.3) is 10.9 Å². The van der Waals surface area contributed by atoms with Gasteiger partial charge in [-0.05, 0) is 36.6 Å². The number of rotatable bonds is 3. The van der Waals surface area contributed by atoms with Gasteiger partial charge in [0.15, 0.2) is 0 Å². The summed E-state index contributed by atoms with van der Waals surface area (Å²) < 4.78 is 13.8. The summed E-state index contributed by atoms with van der Waals surface area (Å²) in [6.07, 6.45) is 0.717. The second-order valence-electron chi connectivity index (χ2n) is 4.37. The second-order valence-corrected chi connectivity index (χ2v) is 4.37. The first kappa shape index (κ1) is 11.1. The van der Waals surface area contributed by atoms with Gasteiger partial charge >= 0.3 is 0 Å². The number of nitrogens with two attached hydrogens (primary N) is 1. The fourth-order valence-electron chi connectivity index (χ4n) is 2.19. The standard InChI is InChI=1S/C13H17FN2/c1-8(2)13-9(6-7-15)12-10(14)4-3-5-11(12)16-13/h3-5,8,16H,6-7,15H2,1-2H3. The van der Waals surface area contributed by atoms with Crippen LogP contribution in [0.2, 0.25) is 0 Å². The van der Waals surface area contributed by atoms with Crippen LogP contribution in [0.4, 0.5) is 4.39 Å². The van der Waals surface area contributed by atoms with Gasteiger partial charge in [0.1, 0.15) is 5.82 Å². The molecule has 0 bridgehead atoms. The largest absolute Gasteiger partial charge is 0.358 e. The summed E-state index contributed by atoms with van der Waals surface area (Å²) in [5.74, 6) is 0.192. The summed E-state index contributed by atoms with van der Waals surface area (Å²) in [5, 5.41) is 0.705. The van der Waals surface area contributed by atoms with E-state index in [1.807, 2.05) is 6.07 Å². The molecule has 0 unspecified atom stereocenters. The van der Waals surface area contributed by atoms with Crippen LogP contribution in [0.15, 0.2) is 18.2 Å². The van der Waals surface area contributed by atoms with Gasteiger partial charge in [-0.3, -0.25) is 0 Å². The minimum atomic E-state index is -0.163. The van der Waals surface area contributed by atoms with Gasteiger partial charge in [0.25, 0.3) is 0 Å². The summed E-state index contributed by atoms with van der Waals surface area (Å²) >= 11 is 0. The third-order valence-corrected chi connectivity index (χ3v) is 2.88. The lowest BCUT2D eigenvalue weighted by Crippen LogP contribution is -2.05. The molecule has 0 saturated heterocycles. The average Bonchev–Trinajstić information content (AvgIpc) is 2.59. The molecule has 0 fully saturated rings. The molecule has 0 atom stereocenters. The molecule has 0 spiro atoms. The Bertz CT molecular complexity index is 500. The van der Waals surface area contributed by atoms with Crippen molar-refractivity contribution in [1.82, 2.24) is 4.98 Å². The molecular weight excluding hydrogens is 203 g/mol. The maximum atomic E-state index is 13.8. The van der Waals surface area contributed by atoms with Crippen LogP contribution in [-0.2, 0) is 6.42 Å². The monoisotopic (exact) mass is 220 g/mol. The Labute approximate surface area is 94.7 Å². The van der Waals surface area contributed by atoms with Crippen molar-refractivity contribution in [3.63, 3.8) is 0 Å². The van der Waals surface area contributed by atoms with Crippen LogP contribution < -0.4 is 5.73 Å². The molecule has 0 saturated carbocycles. The van der Waals surface area contributed by atoms with Gasteiger partial charge in [-0.1, -0.05) is 19.9 Å². The third kappa shape index (κ3) is 1.71. The molecule has 86 valence electrons. The van der Waals surface area contributed by atoms with Crippen molar-refractivity contribution in [1.29, 1.82) is 0 Å². The predicted molar refractivity (Wildman–Crippen MR) is 65.1 cm³/mol. The summed E-state index contributed by atoms with van der Waals surface area (Å²) in [6.45, 7) is 4.74. The molecule has 3 N–H and O–H groups in total. The molecule has 2 nitrogen and oxygen atoms in total. The predicted octanol–water partition coefficient (Wildman–Crippen LogP) is 2.93. The number of H-pyrrole nitrogens is 1. The number of hydrogen-bond donors (Lipinski definition) is 2. The van der Waals surface area contributed by atoms with E-state index in [2.05, 4.69) is 18.8 Å². The second kappa shape index (κ2) is 4.26. The number of hydrogen-bond acceptors (Lipinski definition) is 1. The molecule has 0 aliphatic rings. The van der Waals surface area contributed by atoms with Gasteiger partial charge in [0.05, 0.1) is 0 Å². The number of aromatic amines is 1. The lowest BCUT2D eigenvalue weighted by Gasteiger charge is -2.06. The third-order valence-electron chi connectivity index (χ3n) is 2.88. The Kier molecular flexibility index (Phi) is 2.97.